The van der Waals surface area contributed by atoms with Crippen LogP contribution in [-0.2, 0) is 4.79 Å². The van der Waals surface area contributed by atoms with Gasteiger partial charge in [0.15, 0.2) is 0 Å². The van der Waals surface area contributed by atoms with Gasteiger partial charge in [-0.1, -0.05) is 0 Å². The maximum absolute atomic E-state index is 13.1. The van der Waals surface area contributed by atoms with Gasteiger partial charge in [-0.15, -0.1) is 0 Å². The van der Waals surface area contributed by atoms with Crippen molar-refractivity contribution in [1.82, 2.24) is 5.43 Å². The quantitative estimate of drug-likeness (QED) is 0.261. The second kappa shape index (κ2) is 8.04. The smallest absolute Gasteiger partial charge is 0.455 e. The first kappa shape index (κ1) is 23.3. The molecule has 162 valence electrons. The van der Waals surface area contributed by atoms with Crippen LogP contribution in [0, 0.1) is 10.1 Å². The minimum atomic E-state index is -6.66. The summed E-state index contributed by atoms with van der Waals surface area (Å²) in [5, 5.41) is 13.6. The van der Waals surface area contributed by atoms with Crippen molar-refractivity contribution >= 4 is 33.7 Å². The zero-order valence-electron chi connectivity index (χ0n) is 14.0. The second-order valence-electron chi connectivity index (χ2n) is 5.47. The van der Waals surface area contributed by atoms with E-state index < -0.39 is 28.9 Å². The summed E-state index contributed by atoms with van der Waals surface area (Å²) in [4.78, 5) is 21.1. The SMILES string of the molecule is O=C(N/N=C\c1ccc(-c2ccc([N+](=O)[O-])cc2Br)o1)C(F)(F)C(F)(F)C(F)(F)F. The van der Waals surface area contributed by atoms with Gasteiger partial charge in [0.25, 0.3) is 5.69 Å². The van der Waals surface area contributed by atoms with Crippen molar-refractivity contribution in [2.24, 2.45) is 5.10 Å². The molecule has 15 heteroatoms. The molecule has 0 radical (unpaired) electrons. The van der Waals surface area contributed by atoms with Crippen LogP contribution in [0.2, 0.25) is 0 Å². The zero-order chi connectivity index (χ0) is 22.9. The minimum Gasteiger partial charge on any atom is -0.455 e. The predicted octanol–water partition coefficient (Wildman–Crippen LogP) is 4.90. The topological polar surface area (TPSA) is 97.7 Å². The van der Waals surface area contributed by atoms with Crippen LogP contribution in [0.3, 0.4) is 0 Å². The van der Waals surface area contributed by atoms with Crippen molar-refractivity contribution in [3.05, 3.63) is 50.7 Å². The molecule has 1 aromatic heterocycles. The monoisotopic (exact) mass is 505 g/mol. The molecule has 0 aliphatic heterocycles. The van der Waals surface area contributed by atoms with Crippen LogP contribution in [0.4, 0.5) is 36.4 Å². The van der Waals surface area contributed by atoms with Gasteiger partial charge < -0.3 is 4.42 Å². The summed E-state index contributed by atoms with van der Waals surface area (Å²) in [6.07, 6.45) is -6.09. The van der Waals surface area contributed by atoms with E-state index in [0.29, 0.717) is 11.8 Å². The Morgan fingerprint density at radius 3 is 2.30 bits per heavy atom. The predicted molar refractivity (Wildman–Crippen MR) is 90.2 cm³/mol. The summed E-state index contributed by atoms with van der Waals surface area (Å²) in [6, 6.07) is 6.18. The van der Waals surface area contributed by atoms with Crippen LogP contribution in [0.5, 0.6) is 0 Å². The Morgan fingerprint density at radius 2 is 1.77 bits per heavy atom. The lowest BCUT2D eigenvalue weighted by atomic mass is 10.1. The Bertz CT molecular complexity index is 1000. The molecule has 7 nitrogen and oxygen atoms in total. The molecule has 0 saturated heterocycles. The van der Waals surface area contributed by atoms with E-state index in [1.165, 1.54) is 30.3 Å². The number of furan rings is 1. The number of nitro groups is 1. The van der Waals surface area contributed by atoms with Gasteiger partial charge in [0.05, 0.1) is 11.1 Å². The number of nitrogens with one attached hydrogen (secondary N) is 1. The number of hydrogen-bond acceptors (Lipinski definition) is 5. The lowest BCUT2D eigenvalue weighted by Gasteiger charge is -2.26. The largest absolute Gasteiger partial charge is 0.460 e. The fourth-order valence-electron chi connectivity index (χ4n) is 1.93. The fourth-order valence-corrected chi connectivity index (χ4v) is 2.49. The van der Waals surface area contributed by atoms with Crippen molar-refractivity contribution in [2.75, 3.05) is 0 Å². The van der Waals surface area contributed by atoms with Crippen molar-refractivity contribution in [3.63, 3.8) is 0 Å². The van der Waals surface area contributed by atoms with Crippen molar-refractivity contribution < 1.29 is 44.9 Å². The van der Waals surface area contributed by atoms with E-state index in [4.69, 9.17) is 4.42 Å². The molecule has 0 aliphatic carbocycles. The van der Waals surface area contributed by atoms with Crippen molar-refractivity contribution in [2.45, 2.75) is 18.0 Å². The van der Waals surface area contributed by atoms with E-state index in [1.807, 2.05) is 0 Å². The number of rotatable bonds is 6. The van der Waals surface area contributed by atoms with Crippen LogP contribution in [0.1, 0.15) is 5.76 Å². The maximum Gasteiger partial charge on any atom is 0.460 e. The van der Waals surface area contributed by atoms with E-state index >= 15 is 0 Å². The fraction of sp³-hybridized carbons (Fsp3) is 0.200. The number of nitro benzene ring substituents is 1. The number of alkyl halides is 7. The molecule has 2 aromatic rings. The average Bonchev–Trinajstić information content (AvgIpc) is 3.08. The third-order valence-electron chi connectivity index (χ3n) is 3.45. The van der Waals surface area contributed by atoms with E-state index in [1.54, 1.807) is 0 Å². The number of carbonyl (C=O) groups is 1. The molecular weight excluding hydrogens is 499 g/mol. The van der Waals surface area contributed by atoms with Gasteiger partial charge in [0.1, 0.15) is 11.5 Å². The van der Waals surface area contributed by atoms with E-state index in [9.17, 15) is 45.6 Å². The Kier molecular flexibility index (Phi) is 6.25. The summed E-state index contributed by atoms with van der Waals surface area (Å²) in [7, 11) is 0. The molecule has 0 atom stereocenters. The highest BCUT2D eigenvalue weighted by Crippen LogP contribution is 2.46. The number of hydrogen-bond donors (Lipinski definition) is 1. The van der Waals surface area contributed by atoms with Crippen LogP contribution in [0.25, 0.3) is 11.3 Å². The molecule has 0 unspecified atom stereocenters. The first-order chi connectivity index (χ1) is 13.7. The van der Waals surface area contributed by atoms with Gasteiger partial charge in [-0.05, 0) is 34.1 Å². The number of nitrogens with zero attached hydrogens (tertiary/aromatic N) is 2. The van der Waals surface area contributed by atoms with Crippen LogP contribution in [0.15, 0.2) is 44.3 Å². The van der Waals surface area contributed by atoms with Gasteiger partial charge >= 0.3 is 23.9 Å². The summed E-state index contributed by atoms with van der Waals surface area (Å²) in [6.45, 7) is 0. The number of hydrazone groups is 1. The summed E-state index contributed by atoms with van der Waals surface area (Å²) in [5.74, 6) is -15.8. The Hall–Kier alpha value is -2.97. The molecule has 1 heterocycles. The first-order valence-corrected chi connectivity index (χ1v) is 8.18. The lowest BCUT2D eigenvalue weighted by molar-refractivity contribution is -0.384. The number of halogens is 8. The van der Waals surface area contributed by atoms with E-state index in [2.05, 4.69) is 21.0 Å². The van der Waals surface area contributed by atoms with Crippen molar-refractivity contribution in [1.29, 1.82) is 0 Å². The number of amides is 1. The number of non-ortho nitro benzene ring substituents is 1. The molecule has 1 N–H and O–H groups in total. The minimum absolute atomic E-state index is 0.110. The lowest BCUT2D eigenvalue weighted by Crippen LogP contribution is -2.58. The van der Waals surface area contributed by atoms with Gasteiger partial charge in [-0.25, -0.2) is 5.43 Å². The molecule has 0 aliphatic rings. The molecule has 2 rings (SSSR count). The molecule has 0 fully saturated rings. The maximum atomic E-state index is 13.1. The molecule has 1 aromatic carbocycles. The van der Waals surface area contributed by atoms with Gasteiger partial charge in [-0.3, -0.25) is 14.9 Å². The third-order valence-corrected chi connectivity index (χ3v) is 4.11. The highest BCUT2D eigenvalue weighted by atomic mass is 79.9. The zero-order valence-corrected chi connectivity index (χ0v) is 15.6. The van der Waals surface area contributed by atoms with Gasteiger partial charge in [0.2, 0.25) is 0 Å². The number of carbonyl (C=O) groups excluding carboxylic acids is 1. The third kappa shape index (κ3) is 4.44. The summed E-state index contributed by atoms with van der Waals surface area (Å²) < 4.78 is 93.4. The van der Waals surface area contributed by atoms with Crippen LogP contribution in [-0.4, -0.2) is 35.1 Å². The van der Waals surface area contributed by atoms with E-state index in [-0.39, 0.29) is 21.7 Å². The Labute approximate surface area is 169 Å². The molecule has 0 saturated carbocycles. The van der Waals surface area contributed by atoms with Crippen LogP contribution >= 0.6 is 15.9 Å². The molecule has 30 heavy (non-hydrogen) atoms. The Morgan fingerprint density at radius 1 is 1.13 bits per heavy atom. The first-order valence-electron chi connectivity index (χ1n) is 7.38. The molecule has 0 spiro atoms. The van der Waals surface area contributed by atoms with Crippen molar-refractivity contribution in [3.8, 4) is 11.3 Å². The highest BCUT2D eigenvalue weighted by Gasteiger charge is 2.76. The summed E-state index contributed by atoms with van der Waals surface area (Å²) >= 11 is 3.09. The van der Waals surface area contributed by atoms with Crippen LogP contribution < -0.4 is 5.43 Å². The standard InChI is InChI=1S/C15H7BrF7N3O4/c16-10-5-7(26(28)29)1-3-9(10)11-4-2-8(30-11)6-24-25-12(27)13(17,18)14(19,20)15(21,22)23/h1-6H,(H,25,27)/b24-6-. The normalized spacial score (nSPS) is 12.9. The van der Waals surface area contributed by atoms with E-state index in [0.717, 1.165) is 5.43 Å². The highest BCUT2D eigenvalue weighted by molar-refractivity contribution is 9.10. The molecule has 1 amide bonds. The van der Waals surface area contributed by atoms with Gasteiger partial charge in [-0.2, -0.15) is 35.8 Å². The number of benzene rings is 1. The Balaban J connectivity index is 2.13. The van der Waals surface area contributed by atoms with Gasteiger partial charge in [0, 0.05) is 22.2 Å². The molecule has 0 bridgehead atoms. The molecular formula is C15H7BrF7N3O4. The average molecular weight is 506 g/mol. The summed E-state index contributed by atoms with van der Waals surface area (Å²) in [5.41, 5.74) is 0.996. The second-order valence-corrected chi connectivity index (χ2v) is 6.32.